The Bertz CT molecular complexity index is 714. The molecule has 142 valence electrons. The quantitative estimate of drug-likeness (QED) is 0.585. The molecule has 0 amide bonds. The van der Waals surface area contributed by atoms with Gasteiger partial charge >= 0.3 is 0 Å². The summed E-state index contributed by atoms with van der Waals surface area (Å²) < 4.78 is 0. The van der Waals surface area contributed by atoms with E-state index in [-0.39, 0.29) is 22.4 Å². The van der Waals surface area contributed by atoms with Crippen LogP contribution >= 0.6 is 0 Å². The third-order valence-corrected chi connectivity index (χ3v) is 7.67. The SMILES string of the molecule is CCNC1=CC(=O)C=C(CC2(C)C(C)CCC3(C)C(C)=CCCC32)C1=O. The average Bonchev–Trinajstić information content (AvgIpc) is 2.58. The van der Waals surface area contributed by atoms with Crippen LogP contribution in [-0.2, 0) is 9.59 Å². The molecule has 1 N–H and O–H groups in total. The second kappa shape index (κ2) is 6.83. The molecule has 3 aliphatic rings. The van der Waals surface area contributed by atoms with Crippen LogP contribution in [-0.4, -0.2) is 18.1 Å². The number of hydrogen-bond donors (Lipinski definition) is 1. The molecule has 3 rings (SSSR count). The maximum Gasteiger partial charge on any atom is 0.205 e. The van der Waals surface area contributed by atoms with Crippen LogP contribution in [0, 0.1) is 22.7 Å². The topological polar surface area (TPSA) is 46.2 Å². The summed E-state index contributed by atoms with van der Waals surface area (Å²) in [5, 5.41) is 3.07. The fraction of sp³-hybridized carbons (Fsp3) is 0.652. The maximum absolute atomic E-state index is 12.9. The molecule has 3 heteroatoms. The van der Waals surface area contributed by atoms with Crippen molar-refractivity contribution in [1.82, 2.24) is 5.32 Å². The highest BCUT2D eigenvalue weighted by Gasteiger charge is 2.53. The van der Waals surface area contributed by atoms with Crippen molar-refractivity contribution < 1.29 is 9.59 Å². The molecule has 0 radical (unpaired) electrons. The lowest BCUT2D eigenvalue weighted by Gasteiger charge is -2.58. The van der Waals surface area contributed by atoms with Gasteiger partial charge in [0.2, 0.25) is 5.78 Å². The molecule has 3 aliphatic carbocycles. The van der Waals surface area contributed by atoms with Gasteiger partial charge in [-0.2, -0.15) is 0 Å². The number of Topliss-reactive ketones (excluding diaryl/α,β-unsaturated/α-hetero) is 1. The van der Waals surface area contributed by atoms with E-state index in [0.29, 0.717) is 36.1 Å². The van der Waals surface area contributed by atoms with Gasteiger partial charge in [0.1, 0.15) is 0 Å². The Morgan fingerprint density at radius 3 is 2.62 bits per heavy atom. The van der Waals surface area contributed by atoms with E-state index >= 15 is 0 Å². The number of fused-ring (bicyclic) bond motifs is 1. The van der Waals surface area contributed by atoms with E-state index in [2.05, 4.69) is 39.1 Å². The molecule has 3 nitrogen and oxygen atoms in total. The van der Waals surface area contributed by atoms with Crippen molar-refractivity contribution in [2.24, 2.45) is 22.7 Å². The van der Waals surface area contributed by atoms with Gasteiger partial charge in [0.15, 0.2) is 5.78 Å². The van der Waals surface area contributed by atoms with E-state index in [9.17, 15) is 9.59 Å². The van der Waals surface area contributed by atoms with Crippen LogP contribution in [0.15, 0.2) is 35.1 Å². The lowest BCUT2D eigenvalue weighted by atomic mass is 9.46. The number of ketones is 2. The van der Waals surface area contributed by atoms with Crippen LogP contribution in [0.2, 0.25) is 0 Å². The summed E-state index contributed by atoms with van der Waals surface area (Å²) in [6, 6.07) is 0. The summed E-state index contributed by atoms with van der Waals surface area (Å²) >= 11 is 0. The molecule has 4 unspecified atom stereocenters. The first-order valence-electron chi connectivity index (χ1n) is 10.1. The van der Waals surface area contributed by atoms with E-state index in [1.165, 1.54) is 30.9 Å². The number of carbonyl (C=O) groups excluding carboxylic acids is 2. The fourth-order valence-electron chi connectivity index (χ4n) is 5.73. The Labute approximate surface area is 158 Å². The first kappa shape index (κ1) is 19.1. The van der Waals surface area contributed by atoms with Crippen molar-refractivity contribution in [3.63, 3.8) is 0 Å². The van der Waals surface area contributed by atoms with Gasteiger partial charge < -0.3 is 5.32 Å². The van der Waals surface area contributed by atoms with Crippen LogP contribution in [0.3, 0.4) is 0 Å². The number of likely N-dealkylation sites (N-methyl/N-ethyl adjacent to an activating group) is 1. The minimum absolute atomic E-state index is 0.00947. The first-order valence-corrected chi connectivity index (χ1v) is 10.1. The molecule has 0 spiro atoms. The van der Waals surface area contributed by atoms with E-state index < -0.39 is 0 Å². The van der Waals surface area contributed by atoms with Crippen LogP contribution in [0.4, 0.5) is 0 Å². The minimum atomic E-state index is -0.0647. The lowest BCUT2D eigenvalue weighted by molar-refractivity contribution is -0.116. The molecule has 0 bridgehead atoms. The summed E-state index contributed by atoms with van der Waals surface area (Å²) in [6.45, 7) is 12.0. The molecule has 26 heavy (non-hydrogen) atoms. The number of allylic oxidation sites excluding steroid dienone is 5. The zero-order chi connectivity index (χ0) is 19.1. The third kappa shape index (κ3) is 3.00. The maximum atomic E-state index is 12.9. The molecule has 0 aromatic carbocycles. The van der Waals surface area contributed by atoms with Crippen molar-refractivity contribution in [1.29, 1.82) is 0 Å². The van der Waals surface area contributed by atoms with E-state index in [1.54, 1.807) is 6.08 Å². The highest BCUT2D eigenvalue weighted by molar-refractivity contribution is 6.20. The summed E-state index contributed by atoms with van der Waals surface area (Å²) in [7, 11) is 0. The number of nitrogens with one attached hydrogen (secondary N) is 1. The molecule has 1 fully saturated rings. The Kier molecular flexibility index (Phi) is 5.02. The molecule has 0 aliphatic heterocycles. The van der Waals surface area contributed by atoms with Crippen LogP contribution in [0.5, 0.6) is 0 Å². The predicted octanol–water partition coefficient (Wildman–Crippen LogP) is 4.75. The van der Waals surface area contributed by atoms with Gasteiger partial charge in [-0.1, -0.05) is 32.4 Å². The van der Waals surface area contributed by atoms with Crippen LogP contribution < -0.4 is 5.32 Å². The molecule has 0 aromatic rings. The van der Waals surface area contributed by atoms with Gasteiger partial charge in [0.05, 0.1) is 5.70 Å². The van der Waals surface area contributed by atoms with Crippen LogP contribution in [0.25, 0.3) is 0 Å². The van der Waals surface area contributed by atoms with Crippen molar-refractivity contribution >= 4 is 11.6 Å². The highest BCUT2D eigenvalue weighted by atomic mass is 16.1. The monoisotopic (exact) mass is 355 g/mol. The smallest absolute Gasteiger partial charge is 0.205 e. The molecule has 0 heterocycles. The van der Waals surface area contributed by atoms with Crippen LogP contribution in [0.1, 0.15) is 66.7 Å². The van der Waals surface area contributed by atoms with Gasteiger partial charge in [-0.25, -0.2) is 0 Å². The first-order chi connectivity index (χ1) is 12.2. The predicted molar refractivity (Wildman–Crippen MR) is 106 cm³/mol. The van der Waals surface area contributed by atoms with Gasteiger partial charge in [-0.15, -0.1) is 0 Å². The fourth-order valence-corrected chi connectivity index (χ4v) is 5.73. The number of carbonyl (C=O) groups is 2. The largest absolute Gasteiger partial charge is 0.382 e. The molecule has 0 aromatic heterocycles. The zero-order valence-corrected chi connectivity index (χ0v) is 16.9. The second-order valence-corrected chi connectivity index (χ2v) is 9.05. The van der Waals surface area contributed by atoms with Crippen molar-refractivity contribution in [3.05, 3.63) is 35.1 Å². The van der Waals surface area contributed by atoms with E-state index in [0.717, 1.165) is 6.42 Å². The molecular formula is C23H33NO2. The van der Waals surface area contributed by atoms with Gasteiger partial charge in [-0.05, 0) is 74.7 Å². The van der Waals surface area contributed by atoms with Crippen molar-refractivity contribution in [3.8, 4) is 0 Å². The summed E-state index contributed by atoms with van der Waals surface area (Å²) in [4.78, 5) is 25.1. The summed E-state index contributed by atoms with van der Waals surface area (Å²) in [6.07, 6.45) is 10.9. The molecular weight excluding hydrogens is 322 g/mol. The minimum Gasteiger partial charge on any atom is -0.382 e. The molecule has 1 saturated carbocycles. The van der Waals surface area contributed by atoms with Crippen molar-refractivity contribution in [2.75, 3.05) is 6.54 Å². The van der Waals surface area contributed by atoms with E-state index in [1.807, 2.05) is 6.92 Å². The Morgan fingerprint density at radius 2 is 1.92 bits per heavy atom. The highest BCUT2D eigenvalue weighted by Crippen LogP contribution is 2.62. The number of rotatable bonds is 4. The van der Waals surface area contributed by atoms with Gasteiger partial charge in [0.25, 0.3) is 0 Å². The summed E-state index contributed by atoms with van der Waals surface area (Å²) in [5.41, 5.74) is 2.94. The van der Waals surface area contributed by atoms with E-state index in [4.69, 9.17) is 0 Å². The molecule has 0 saturated heterocycles. The number of hydrogen-bond acceptors (Lipinski definition) is 3. The average molecular weight is 356 g/mol. The Hall–Kier alpha value is -1.64. The normalized spacial score (nSPS) is 37.5. The molecule has 4 atom stereocenters. The lowest BCUT2D eigenvalue weighted by Crippen LogP contribution is -2.50. The Balaban J connectivity index is 1.93. The van der Waals surface area contributed by atoms with Gasteiger partial charge in [-0.3, -0.25) is 9.59 Å². The zero-order valence-electron chi connectivity index (χ0n) is 16.9. The van der Waals surface area contributed by atoms with Gasteiger partial charge in [0, 0.05) is 18.2 Å². The second-order valence-electron chi connectivity index (χ2n) is 9.05. The standard InChI is InChI=1S/C23H33NO2/c1-6-24-19-13-18(25)12-17(21(19)26)14-23(5)16(3)10-11-22(4)15(2)8-7-9-20(22)23/h8,12-13,16,20,24H,6-7,9-11,14H2,1-5H3. The Morgan fingerprint density at radius 1 is 1.19 bits per heavy atom. The third-order valence-electron chi connectivity index (χ3n) is 7.67. The van der Waals surface area contributed by atoms with Crippen molar-refractivity contribution in [2.45, 2.75) is 66.7 Å². The summed E-state index contributed by atoms with van der Waals surface area (Å²) in [5.74, 6) is 1.05.